The molecule has 0 aliphatic heterocycles. The van der Waals surface area contributed by atoms with Crippen molar-refractivity contribution in [3.63, 3.8) is 0 Å². The van der Waals surface area contributed by atoms with E-state index in [-0.39, 0.29) is 5.48 Å². The van der Waals surface area contributed by atoms with Gasteiger partial charge in [-0.2, -0.15) is 0 Å². The quantitative estimate of drug-likeness (QED) is 0.286. The molecule has 0 radical (unpaired) electrons. The van der Waals surface area contributed by atoms with Gasteiger partial charge in [-0.15, -0.1) is 0 Å². The zero-order valence-electron chi connectivity index (χ0n) is 27.0. The maximum atomic E-state index is 5.41. The first-order chi connectivity index (χ1) is 15.3. The third-order valence-corrected chi connectivity index (χ3v) is 5.85. The van der Waals surface area contributed by atoms with Crippen LogP contribution in [-0.4, -0.2) is 18.2 Å². The van der Waals surface area contributed by atoms with Crippen molar-refractivity contribution in [3.8, 4) is 0 Å². The molecule has 0 aliphatic carbocycles. The molecule has 1 aromatic carbocycles. The van der Waals surface area contributed by atoms with E-state index in [1.807, 2.05) is 13.8 Å². The van der Waals surface area contributed by atoms with Crippen LogP contribution in [-0.2, 0) is 4.74 Å². The van der Waals surface area contributed by atoms with Crippen LogP contribution >= 0.6 is 0 Å². The molecule has 0 heterocycles. The summed E-state index contributed by atoms with van der Waals surface area (Å²) in [5, 5.41) is 0. The number of rotatable bonds is 6. The third kappa shape index (κ3) is 25.8. The summed E-state index contributed by atoms with van der Waals surface area (Å²) < 4.78 is 5.41. The minimum Gasteiger partial charge on any atom is -0.412 e. The van der Waals surface area contributed by atoms with Gasteiger partial charge in [0.1, 0.15) is 0 Å². The standard InChI is InChI=1S/C12H18.C11H22O.C8H18.C2H6.H2O/c1-9(2)11-6-5-7-12(8-11)10(3)4;1-10(2)12-9-7-6-8-11(3,4)5;1-7(2,3)8(4,5)6;1-2;/h5-10H,1-4H3;6,8,10H,7,9H2,1-5H3;1-6H3;1-2H3;1H2/b;8-6+;;;. The van der Waals surface area contributed by atoms with E-state index in [1.165, 1.54) is 11.1 Å². The Hall–Kier alpha value is -1.12. The van der Waals surface area contributed by atoms with Gasteiger partial charge >= 0.3 is 0 Å². The third-order valence-electron chi connectivity index (χ3n) is 5.85. The van der Waals surface area contributed by atoms with E-state index in [0.29, 0.717) is 34.2 Å². The molecule has 1 aromatic rings. The molecule has 0 aromatic heterocycles. The molecule has 0 fully saturated rings. The lowest BCUT2D eigenvalue weighted by atomic mass is 9.71. The Morgan fingerprint density at radius 2 is 1.09 bits per heavy atom. The van der Waals surface area contributed by atoms with Gasteiger partial charge in [-0.1, -0.05) is 140 Å². The zero-order chi connectivity index (χ0) is 27.8. The predicted molar refractivity (Wildman–Crippen MR) is 163 cm³/mol. The van der Waals surface area contributed by atoms with Crippen molar-refractivity contribution in [3.05, 3.63) is 47.5 Å². The fraction of sp³-hybridized carbons (Fsp3) is 0.758. The second kappa shape index (κ2) is 20.0. The maximum Gasteiger partial charge on any atom is 0.0519 e. The second-order valence-corrected chi connectivity index (χ2v) is 13.0. The Morgan fingerprint density at radius 1 is 0.714 bits per heavy atom. The van der Waals surface area contributed by atoms with E-state index < -0.39 is 0 Å². The lowest BCUT2D eigenvalue weighted by Crippen LogP contribution is -2.25. The van der Waals surface area contributed by atoms with E-state index in [0.717, 1.165) is 13.0 Å². The van der Waals surface area contributed by atoms with E-state index in [4.69, 9.17) is 4.74 Å². The molecule has 0 spiro atoms. The van der Waals surface area contributed by atoms with Crippen molar-refractivity contribution in [2.45, 2.75) is 142 Å². The van der Waals surface area contributed by atoms with Crippen molar-refractivity contribution in [2.75, 3.05) is 6.61 Å². The zero-order valence-corrected chi connectivity index (χ0v) is 27.0. The van der Waals surface area contributed by atoms with Crippen LogP contribution in [0.4, 0.5) is 0 Å². The van der Waals surface area contributed by atoms with Crippen molar-refractivity contribution in [2.24, 2.45) is 16.2 Å². The molecule has 35 heavy (non-hydrogen) atoms. The molecule has 2 heteroatoms. The first-order valence-electron chi connectivity index (χ1n) is 13.7. The molecule has 0 amide bonds. The number of benzene rings is 1. The fourth-order valence-corrected chi connectivity index (χ4v) is 2.09. The fourth-order valence-electron chi connectivity index (χ4n) is 2.09. The number of hydrogen-bond acceptors (Lipinski definition) is 1. The molecule has 2 N–H and O–H groups in total. The molecular weight excluding hydrogens is 428 g/mol. The summed E-state index contributed by atoms with van der Waals surface area (Å²) >= 11 is 0. The first kappa shape index (κ1) is 41.0. The SMILES string of the molecule is CC.CC(C)(C)C(C)(C)C.CC(C)OCC/C=C/C(C)(C)C.CC(C)c1cccc(C(C)C)c1.O. The molecule has 0 unspecified atom stereocenters. The molecule has 0 saturated heterocycles. The highest BCUT2D eigenvalue weighted by molar-refractivity contribution is 5.27. The van der Waals surface area contributed by atoms with Crippen LogP contribution in [0.15, 0.2) is 36.4 Å². The topological polar surface area (TPSA) is 40.7 Å². The van der Waals surface area contributed by atoms with Crippen LogP contribution in [0.3, 0.4) is 0 Å². The highest BCUT2D eigenvalue weighted by atomic mass is 16.5. The van der Waals surface area contributed by atoms with Crippen LogP contribution in [0.5, 0.6) is 0 Å². The summed E-state index contributed by atoms with van der Waals surface area (Å²) in [6.07, 6.45) is 5.81. The van der Waals surface area contributed by atoms with Crippen molar-refractivity contribution < 1.29 is 10.2 Å². The molecular formula is C33H66O2. The van der Waals surface area contributed by atoms with Gasteiger partial charge in [0.15, 0.2) is 0 Å². The van der Waals surface area contributed by atoms with Gasteiger partial charge < -0.3 is 10.2 Å². The Kier molecular flexibility index (Phi) is 23.4. The van der Waals surface area contributed by atoms with Crippen LogP contribution in [0, 0.1) is 16.2 Å². The highest BCUT2D eigenvalue weighted by Crippen LogP contribution is 2.36. The van der Waals surface area contributed by atoms with Gasteiger partial charge in [-0.3, -0.25) is 0 Å². The van der Waals surface area contributed by atoms with Crippen LogP contribution in [0.2, 0.25) is 0 Å². The van der Waals surface area contributed by atoms with Crippen LogP contribution < -0.4 is 0 Å². The highest BCUT2D eigenvalue weighted by Gasteiger charge is 2.26. The van der Waals surface area contributed by atoms with E-state index in [9.17, 15) is 0 Å². The van der Waals surface area contributed by atoms with Crippen LogP contribution in [0.1, 0.15) is 147 Å². The summed E-state index contributed by atoms with van der Waals surface area (Å²) in [5.41, 5.74) is 4.07. The Labute approximate surface area is 222 Å². The normalized spacial score (nSPS) is 11.8. The van der Waals surface area contributed by atoms with Crippen LogP contribution in [0.25, 0.3) is 0 Å². The Balaban J connectivity index is -0.000000200. The summed E-state index contributed by atoms with van der Waals surface area (Å²) in [6, 6.07) is 8.88. The summed E-state index contributed by atoms with van der Waals surface area (Å²) in [4.78, 5) is 0. The minimum absolute atomic E-state index is 0. The van der Waals surface area contributed by atoms with E-state index >= 15 is 0 Å². The molecule has 1 rings (SSSR count). The predicted octanol–water partition coefficient (Wildman–Crippen LogP) is 10.6. The molecule has 210 valence electrons. The largest absolute Gasteiger partial charge is 0.412 e. The van der Waals surface area contributed by atoms with Crippen molar-refractivity contribution in [1.29, 1.82) is 0 Å². The minimum atomic E-state index is 0. The second-order valence-electron chi connectivity index (χ2n) is 13.0. The van der Waals surface area contributed by atoms with Gasteiger partial charge in [0.2, 0.25) is 0 Å². The summed E-state index contributed by atoms with van der Waals surface area (Å²) in [7, 11) is 0. The smallest absolute Gasteiger partial charge is 0.0519 e. The molecule has 0 aliphatic rings. The van der Waals surface area contributed by atoms with Crippen molar-refractivity contribution in [1.82, 2.24) is 0 Å². The lowest BCUT2D eigenvalue weighted by molar-refractivity contribution is 0.0825. The van der Waals surface area contributed by atoms with Gasteiger partial charge in [0, 0.05) is 0 Å². The molecule has 0 saturated carbocycles. The Bertz CT molecular complexity index is 582. The molecule has 2 nitrogen and oxygen atoms in total. The van der Waals surface area contributed by atoms with Gasteiger partial charge in [-0.25, -0.2) is 0 Å². The van der Waals surface area contributed by atoms with Gasteiger partial charge in [0.25, 0.3) is 0 Å². The van der Waals surface area contributed by atoms with Gasteiger partial charge in [-0.05, 0) is 59.5 Å². The summed E-state index contributed by atoms with van der Waals surface area (Å²) in [5.74, 6) is 1.28. The summed E-state index contributed by atoms with van der Waals surface area (Å²) in [6.45, 7) is 38.1. The van der Waals surface area contributed by atoms with E-state index in [2.05, 4.69) is 140 Å². The first-order valence-corrected chi connectivity index (χ1v) is 13.7. The number of ether oxygens (including phenoxy) is 1. The molecule has 0 atom stereocenters. The Morgan fingerprint density at radius 3 is 1.34 bits per heavy atom. The number of allylic oxidation sites excluding steroid dienone is 1. The monoisotopic (exact) mass is 495 g/mol. The lowest BCUT2D eigenvalue weighted by Gasteiger charge is -2.34. The molecule has 0 bridgehead atoms. The van der Waals surface area contributed by atoms with E-state index in [1.54, 1.807) is 0 Å². The average molecular weight is 495 g/mol. The maximum absolute atomic E-state index is 5.41. The van der Waals surface area contributed by atoms with Crippen molar-refractivity contribution >= 4 is 0 Å². The van der Waals surface area contributed by atoms with Gasteiger partial charge in [0.05, 0.1) is 12.7 Å². The average Bonchev–Trinajstić information content (AvgIpc) is 2.67. The number of hydrogen-bond donors (Lipinski definition) is 0.